The van der Waals surface area contributed by atoms with Crippen LogP contribution in [0.4, 0.5) is 5.82 Å². The van der Waals surface area contributed by atoms with Crippen LogP contribution in [0.1, 0.15) is 36.3 Å². The zero-order valence-corrected chi connectivity index (χ0v) is 13.6. The van der Waals surface area contributed by atoms with Gasteiger partial charge in [-0.15, -0.1) is 11.3 Å². The Bertz CT molecular complexity index is 619. The van der Waals surface area contributed by atoms with Gasteiger partial charge in [-0.2, -0.15) is 5.10 Å². The molecule has 6 nitrogen and oxygen atoms in total. The van der Waals surface area contributed by atoms with Crippen LogP contribution in [-0.2, 0) is 18.3 Å². The van der Waals surface area contributed by atoms with Crippen molar-refractivity contribution < 1.29 is 4.79 Å². The summed E-state index contributed by atoms with van der Waals surface area (Å²) in [5, 5.41) is 13.4. The summed E-state index contributed by atoms with van der Waals surface area (Å²) in [5.41, 5.74) is 1.87. The van der Waals surface area contributed by atoms with E-state index in [9.17, 15) is 4.79 Å². The summed E-state index contributed by atoms with van der Waals surface area (Å²) in [5.74, 6) is 0.615. The number of aromatic nitrogens is 3. The summed E-state index contributed by atoms with van der Waals surface area (Å²) in [6, 6.07) is 1.90. The molecule has 0 saturated carbocycles. The molecule has 21 heavy (non-hydrogen) atoms. The molecule has 2 heterocycles. The quantitative estimate of drug-likeness (QED) is 0.856. The van der Waals surface area contributed by atoms with Gasteiger partial charge in [0.15, 0.2) is 0 Å². The van der Waals surface area contributed by atoms with Crippen LogP contribution in [-0.4, -0.2) is 27.2 Å². The van der Waals surface area contributed by atoms with Crippen LogP contribution >= 0.6 is 11.3 Å². The fourth-order valence-electron chi connectivity index (χ4n) is 1.95. The molecule has 1 amide bonds. The molecule has 0 bridgehead atoms. The van der Waals surface area contributed by atoms with E-state index in [2.05, 4.69) is 27.6 Å². The van der Waals surface area contributed by atoms with Crippen molar-refractivity contribution >= 4 is 23.1 Å². The smallest absolute Gasteiger partial charge is 0.239 e. The van der Waals surface area contributed by atoms with Gasteiger partial charge < -0.3 is 10.6 Å². The van der Waals surface area contributed by atoms with Crippen molar-refractivity contribution in [3.8, 4) is 0 Å². The summed E-state index contributed by atoms with van der Waals surface area (Å²) >= 11 is 1.66. The van der Waals surface area contributed by atoms with Crippen molar-refractivity contribution in [1.82, 2.24) is 20.1 Å². The van der Waals surface area contributed by atoms with E-state index in [1.54, 1.807) is 23.1 Å². The number of anilines is 1. The van der Waals surface area contributed by atoms with E-state index in [-0.39, 0.29) is 18.5 Å². The maximum atomic E-state index is 11.9. The summed E-state index contributed by atoms with van der Waals surface area (Å²) in [6.07, 6.45) is 0.942. The third-order valence-electron chi connectivity index (χ3n) is 3.15. The molecule has 2 rings (SSSR count). The Morgan fingerprint density at radius 3 is 2.86 bits per heavy atom. The monoisotopic (exact) mass is 307 g/mol. The predicted octanol–water partition coefficient (Wildman–Crippen LogP) is 2.04. The molecule has 114 valence electrons. The molecule has 0 aliphatic heterocycles. The lowest BCUT2D eigenvalue weighted by atomic mass is 10.2. The average molecular weight is 307 g/mol. The van der Waals surface area contributed by atoms with E-state index in [1.807, 2.05) is 25.3 Å². The maximum absolute atomic E-state index is 11.9. The van der Waals surface area contributed by atoms with Gasteiger partial charge in [-0.05, 0) is 20.3 Å². The van der Waals surface area contributed by atoms with E-state index < -0.39 is 0 Å². The minimum Gasteiger partial charge on any atom is -0.310 e. The Morgan fingerprint density at radius 1 is 1.52 bits per heavy atom. The fourth-order valence-corrected chi connectivity index (χ4v) is 2.79. The number of hydrogen-bond donors (Lipinski definition) is 2. The molecule has 0 saturated heterocycles. The topological polar surface area (TPSA) is 71.8 Å². The van der Waals surface area contributed by atoms with Crippen molar-refractivity contribution in [2.75, 3.05) is 11.9 Å². The number of rotatable bonds is 6. The maximum Gasteiger partial charge on any atom is 0.239 e. The highest BCUT2D eigenvalue weighted by molar-refractivity contribution is 7.09. The molecule has 0 unspecified atom stereocenters. The highest BCUT2D eigenvalue weighted by atomic mass is 32.1. The molecule has 1 atom stereocenters. The van der Waals surface area contributed by atoms with E-state index in [1.165, 1.54) is 0 Å². The molecule has 0 aliphatic carbocycles. The highest BCUT2D eigenvalue weighted by Gasteiger charge is 2.12. The molecule has 2 N–H and O–H groups in total. The predicted molar refractivity (Wildman–Crippen MR) is 84.5 cm³/mol. The number of amides is 1. The second-order valence-electron chi connectivity index (χ2n) is 4.96. The molecule has 7 heteroatoms. The highest BCUT2D eigenvalue weighted by Crippen LogP contribution is 2.16. The number of nitrogens with zero attached hydrogens (tertiary/aromatic N) is 3. The van der Waals surface area contributed by atoms with Crippen LogP contribution in [0, 0.1) is 6.92 Å². The van der Waals surface area contributed by atoms with Gasteiger partial charge in [0.05, 0.1) is 22.9 Å². The van der Waals surface area contributed by atoms with Crippen LogP contribution in [0.5, 0.6) is 0 Å². The SMILES string of the molecule is CCc1nc([C@H](C)NCC(=O)Nc2cc(C)nn2C)cs1. The molecule has 2 aromatic rings. The fraction of sp³-hybridized carbons (Fsp3) is 0.500. The molecular weight excluding hydrogens is 286 g/mol. The molecule has 2 aromatic heterocycles. The lowest BCUT2D eigenvalue weighted by Gasteiger charge is -2.11. The lowest BCUT2D eigenvalue weighted by molar-refractivity contribution is -0.115. The number of carbonyl (C=O) groups excluding carboxylic acids is 1. The Morgan fingerprint density at radius 2 is 2.29 bits per heavy atom. The molecule has 0 radical (unpaired) electrons. The number of nitrogens with one attached hydrogen (secondary N) is 2. The van der Waals surface area contributed by atoms with E-state index in [0.717, 1.165) is 22.8 Å². The van der Waals surface area contributed by atoms with E-state index in [4.69, 9.17) is 0 Å². The first-order chi connectivity index (χ1) is 9.99. The largest absolute Gasteiger partial charge is 0.310 e. The van der Waals surface area contributed by atoms with Gasteiger partial charge in [-0.3, -0.25) is 9.48 Å². The molecule has 0 spiro atoms. The first kappa shape index (κ1) is 15.7. The van der Waals surface area contributed by atoms with Gasteiger partial charge in [0.2, 0.25) is 5.91 Å². The van der Waals surface area contributed by atoms with Gasteiger partial charge in [-0.1, -0.05) is 6.92 Å². The second kappa shape index (κ2) is 6.82. The van der Waals surface area contributed by atoms with Gasteiger partial charge in [-0.25, -0.2) is 4.98 Å². The average Bonchev–Trinajstić information content (AvgIpc) is 3.03. The summed E-state index contributed by atoms with van der Waals surface area (Å²) in [7, 11) is 1.81. The number of thiazole rings is 1. The summed E-state index contributed by atoms with van der Waals surface area (Å²) < 4.78 is 1.66. The Balaban J connectivity index is 1.84. The minimum atomic E-state index is -0.0872. The normalized spacial score (nSPS) is 12.4. The lowest BCUT2D eigenvalue weighted by Crippen LogP contribution is -2.30. The Hall–Kier alpha value is -1.73. The second-order valence-corrected chi connectivity index (χ2v) is 5.91. The molecular formula is C14H21N5OS. The van der Waals surface area contributed by atoms with Crippen molar-refractivity contribution in [3.05, 3.63) is 27.8 Å². The van der Waals surface area contributed by atoms with E-state index in [0.29, 0.717) is 5.82 Å². The van der Waals surface area contributed by atoms with Crippen molar-refractivity contribution in [3.63, 3.8) is 0 Å². The van der Waals surface area contributed by atoms with E-state index >= 15 is 0 Å². The number of carbonyl (C=O) groups is 1. The first-order valence-corrected chi connectivity index (χ1v) is 7.85. The number of aryl methyl sites for hydroxylation is 3. The Kier molecular flexibility index (Phi) is 5.08. The molecule has 0 aromatic carbocycles. The third kappa shape index (κ3) is 4.12. The third-order valence-corrected chi connectivity index (χ3v) is 4.17. The van der Waals surface area contributed by atoms with Crippen LogP contribution in [0.15, 0.2) is 11.4 Å². The Labute approximate surface area is 128 Å². The summed E-state index contributed by atoms with van der Waals surface area (Å²) in [4.78, 5) is 16.5. The molecule has 0 aliphatic rings. The van der Waals surface area contributed by atoms with Crippen LogP contribution < -0.4 is 10.6 Å². The van der Waals surface area contributed by atoms with Crippen LogP contribution in [0.3, 0.4) is 0 Å². The van der Waals surface area contributed by atoms with Crippen LogP contribution in [0.2, 0.25) is 0 Å². The zero-order chi connectivity index (χ0) is 15.4. The zero-order valence-electron chi connectivity index (χ0n) is 12.8. The van der Waals surface area contributed by atoms with Gasteiger partial charge in [0.1, 0.15) is 5.82 Å². The first-order valence-electron chi connectivity index (χ1n) is 6.97. The van der Waals surface area contributed by atoms with Crippen LogP contribution in [0.25, 0.3) is 0 Å². The standard InChI is InChI=1S/C14H21N5OS/c1-5-14-16-11(8-21-14)10(3)15-7-13(20)17-12-6-9(2)18-19(12)4/h6,8,10,15H,5,7H2,1-4H3,(H,17,20)/t10-/m0/s1. The van der Waals surface area contributed by atoms with Gasteiger partial charge >= 0.3 is 0 Å². The van der Waals surface area contributed by atoms with Crippen molar-refractivity contribution in [2.24, 2.45) is 7.05 Å². The van der Waals surface area contributed by atoms with Crippen molar-refractivity contribution in [1.29, 1.82) is 0 Å². The number of hydrogen-bond acceptors (Lipinski definition) is 5. The molecule has 0 fully saturated rings. The minimum absolute atomic E-state index is 0.0561. The van der Waals surface area contributed by atoms with Crippen molar-refractivity contribution in [2.45, 2.75) is 33.2 Å². The van der Waals surface area contributed by atoms with Gasteiger partial charge in [0, 0.05) is 24.5 Å². The summed E-state index contributed by atoms with van der Waals surface area (Å²) in [6.45, 7) is 6.23. The van der Waals surface area contributed by atoms with Gasteiger partial charge in [0.25, 0.3) is 0 Å².